The number of benzene rings is 3. The summed E-state index contributed by atoms with van der Waals surface area (Å²) in [5.74, 6) is 0.901. The fourth-order valence-electron chi connectivity index (χ4n) is 2.49. The average Bonchev–Trinajstić information content (AvgIpc) is 2.73. The molecule has 0 spiro atoms. The van der Waals surface area contributed by atoms with Crippen molar-refractivity contribution in [3.63, 3.8) is 0 Å². The van der Waals surface area contributed by atoms with Crippen LogP contribution in [0.2, 0.25) is 0 Å². The van der Waals surface area contributed by atoms with E-state index >= 15 is 0 Å². The second-order valence-corrected chi connectivity index (χ2v) is 5.78. The summed E-state index contributed by atoms with van der Waals surface area (Å²) < 4.78 is 11.0. The molecule has 5 nitrogen and oxygen atoms in total. The quantitative estimate of drug-likeness (QED) is 0.709. The third kappa shape index (κ3) is 4.65. The molecule has 0 saturated carbocycles. The van der Waals surface area contributed by atoms with Gasteiger partial charge in [0, 0.05) is 17.3 Å². The van der Waals surface area contributed by atoms with Crippen molar-refractivity contribution in [1.82, 2.24) is 0 Å². The Balaban J connectivity index is 1.63. The van der Waals surface area contributed by atoms with Crippen molar-refractivity contribution in [2.75, 3.05) is 12.4 Å². The first-order valence-electron chi connectivity index (χ1n) is 8.36. The van der Waals surface area contributed by atoms with Gasteiger partial charge in [0.05, 0.1) is 18.7 Å². The van der Waals surface area contributed by atoms with Crippen molar-refractivity contribution < 1.29 is 14.3 Å². The molecule has 0 heterocycles. The van der Waals surface area contributed by atoms with Gasteiger partial charge >= 0.3 is 0 Å². The van der Waals surface area contributed by atoms with Crippen LogP contribution in [0.1, 0.15) is 21.5 Å². The molecule has 27 heavy (non-hydrogen) atoms. The third-order valence-corrected chi connectivity index (χ3v) is 3.93. The van der Waals surface area contributed by atoms with Gasteiger partial charge in [-0.1, -0.05) is 30.3 Å². The molecule has 0 aliphatic rings. The van der Waals surface area contributed by atoms with E-state index in [2.05, 4.69) is 11.4 Å². The van der Waals surface area contributed by atoms with Gasteiger partial charge in [-0.2, -0.15) is 5.26 Å². The molecule has 3 aromatic rings. The van der Waals surface area contributed by atoms with E-state index in [0.717, 1.165) is 11.3 Å². The first-order chi connectivity index (χ1) is 13.2. The Morgan fingerprint density at radius 1 is 1.00 bits per heavy atom. The van der Waals surface area contributed by atoms with Gasteiger partial charge in [-0.05, 0) is 42.0 Å². The van der Waals surface area contributed by atoms with Gasteiger partial charge in [-0.3, -0.25) is 4.79 Å². The lowest BCUT2D eigenvalue weighted by Gasteiger charge is -2.11. The van der Waals surface area contributed by atoms with Crippen LogP contribution in [0.3, 0.4) is 0 Å². The molecule has 0 aliphatic heterocycles. The molecule has 0 saturated heterocycles. The van der Waals surface area contributed by atoms with Crippen molar-refractivity contribution in [2.24, 2.45) is 0 Å². The summed E-state index contributed by atoms with van der Waals surface area (Å²) in [6.07, 6.45) is 0. The molecular weight excluding hydrogens is 340 g/mol. The number of ether oxygens (including phenoxy) is 2. The standard InChI is InChI=1S/C22H18N2O3/c1-26-21-13-17(14-23)9-12-20(21)27-15-16-7-10-18(11-8-16)22(25)24-19-5-3-2-4-6-19/h2-13H,15H2,1H3,(H,24,25). The highest BCUT2D eigenvalue weighted by Crippen LogP contribution is 2.28. The average molecular weight is 358 g/mol. The first-order valence-corrected chi connectivity index (χ1v) is 8.36. The lowest BCUT2D eigenvalue weighted by molar-refractivity contribution is 0.102. The number of hydrogen-bond donors (Lipinski definition) is 1. The maximum absolute atomic E-state index is 12.3. The number of nitriles is 1. The zero-order valence-electron chi connectivity index (χ0n) is 14.8. The highest BCUT2D eigenvalue weighted by molar-refractivity contribution is 6.04. The van der Waals surface area contributed by atoms with E-state index in [0.29, 0.717) is 29.2 Å². The van der Waals surface area contributed by atoms with Gasteiger partial charge in [-0.25, -0.2) is 0 Å². The fraction of sp³-hybridized carbons (Fsp3) is 0.0909. The number of carbonyl (C=O) groups excluding carboxylic acids is 1. The van der Waals surface area contributed by atoms with Gasteiger partial charge in [0.25, 0.3) is 5.91 Å². The molecule has 134 valence electrons. The Hall–Kier alpha value is -3.78. The number of hydrogen-bond acceptors (Lipinski definition) is 4. The van der Waals surface area contributed by atoms with Crippen molar-refractivity contribution in [3.05, 3.63) is 89.5 Å². The third-order valence-electron chi connectivity index (χ3n) is 3.93. The van der Waals surface area contributed by atoms with E-state index in [1.807, 2.05) is 42.5 Å². The van der Waals surface area contributed by atoms with Crippen LogP contribution in [0.5, 0.6) is 11.5 Å². The molecule has 1 amide bonds. The molecule has 0 radical (unpaired) electrons. The smallest absolute Gasteiger partial charge is 0.255 e. The topological polar surface area (TPSA) is 71.3 Å². The Bertz CT molecular complexity index is 961. The second kappa shape index (κ2) is 8.54. The van der Waals surface area contributed by atoms with Gasteiger partial charge in [0.2, 0.25) is 0 Å². The van der Waals surface area contributed by atoms with Crippen LogP contribution in [0.4, 0.5) is 5.69 Å². The van der Waals surface area contributed by atoms with Gasteiger partial charge in [0.15, 0.2) is 11.5 Å². The van der Waals surface area contributed by atoms with Crippen LogP contribution in [0.25, 0.3) is 0 Å². The van der Waals surface area contributed by atoms with E-state index in [1.54, 1.807) is 30.3 Å². The molecule has 5 heteroatoms. The van der Waals surface area contributed by atoms with Crippen molar-refractivity contribution in [1.29, 1.82) is 5.26 Å². The summed E-state index contributed by atoms with van der Waals surface area (Å²) in [6, 6.07) is 23.6. The number of amides is 1. The van der Waals surface area contributed by atoms with Gasteiger partial charge in [0.1, 0.15) is 6.61 Å². The summed E-state index contributed by atoms with van der Waals surface area (Å²) in [4.78, 5) is 12.3. The number of nitrogens with one attached hydrogen (secondary N) is 1. The van der Waals surface area contributed by atoms with E-state index in [1.165, 1.54) is 7.11 Å². The predicted molar refractivity (Wildman–Crippen MR) is 103 cm³/mol. The molecule has 0 aromatic heterocycles. The molecule has 3 aromatic carbocycles. The number of carbonyl (C=O) groups is 1. The van der Waals surface area contributed by atoms with E-state index in [4.69, 9.17) is 14.7 Å². The minimum Gasteiger partial charge on any atom is -0.493 e. The Labute approximate surface area is 157 Å². The number of nitrogens with zero attached hydrogens (tertiary/aromatic N) is 1. The van der Waals surface area contributed by atoms with E-state index in [-0.39, 0.29) is 5.91 Å². The largest absolute Gasteiger partial charge is 0.493 e. The Morgan fingerprint density at radius 2 is 1.74 bits per heavy atom. The highest BCUT2D eigenvalue weighted by Gasteiger charge is 2.08. The van der Waals surface area contributed by atoms with Crippen LogP contribution >= 0.6 is 0 Å². The zero-order valence-corrected chi connectivity index (χ0v) is 14.8. The number of anilines is 1. The number of methoxy groups -OCH3 is 1. The molecule has 0 aliphatic carbocycles. The Morgan fingerprint density at radius 3 is 2.41 bits per heavy atom. The maximum Gasteiger partial charge on any atom is 0.255 e. The van der Waals surface area contributed by atoms with Crippen LogP contribution in [0.15, 0.2) is 72.8 Å². The van der Waals surface area contributed by atoms with Crippen molar-refractivity contribution >= 4 is 11.6 Å². The predicted octanol–water partition coefficient (Wildman–Crippen LogP) is 4.40. The van der Waals surface area contributed by atoms with Crippen LogP contribution in [-0.2, 0) is 6.61 Å². The van der Waals surface area contributed by atoms with E-state index < -0.39 is 0 Å². The van der Waals surface area contributed by atoms with Crippen LogP contribution in [-0.4, -0.2) is 13.0 Å². The molecule has 1 N–H and O–H groups in total. The second-order valence-electron chi connectivity index (χ2n) is 5.78. The fourth-order valence-corrected chi connectivity index (χ4v) is 2.49. The minimum absolute atomic E-state index is 0.164. The number of para-hydroxylation sites is 1. The Kier molecular flexibility index (Phi) is 5.70. The molecular formula is C22H18N2O3. The van der Waals surface area contributed by atoms with Crippen molar-refractivity contribution in [3.8, 4) is 17.6 Å². The molecule has 0 fully saturated rings. The molecule has 0 unspecified atom stereocenters. The van der Waals surface area contributed by atoms with E-state index in [9.17, 15) is 4.79 Å². The normalized spacial score (nSPS) is 9.93. The molecule has 0 atom stereocenters. The van der Waals surface area contributed by atoms with Crippen LogP contribution < -0.4 is 14.8 Å². The molecule has 3 rings (SSSR count). The first kappa shape index (κ1) is 18.0. The van der Waals surface area contributed by atoms with Gasteiger partial charge in [-0.15, -0.1) is 0 Å². The van der Waals surface area contributed by atoms with Gasteiger partial charge < -0.3 is 14.8 Å². The lowest BCUT2D eigenvalue weighted by Crippen LogP contribution is -2.11. The zero-order chi connectivity index (χ0) is 19.1. The number of rotatable bonds is 6. The summed E-state index contributed by atoms with van der Waals surface area (Å²) in [5.41, 5.74) is 2.74. The summed E-state index contributed by atoms with van der Waals surface area (Å²) in [5, 5.41) is 11.8. The van der Waals surface area contributed by atoms with Crippen molar-refractivity contribution in [2.45, 2.75) is 6.61 Å². The maximum atomic E-state index is 12.3. The lowest BCUT2D eigenvalue weighted by atomic mass is 10.1. The summed E-state index contributed by atoms with van der Waals surface area (Å²) in [7, 11) is 1.53. The minimum atomic E-state index is -0.164. The molecule has 0 bridgehead atoms. The van der Waals surface area contributed by atoms with Crippen LogP contribution in [0, 0.1) is 11.3 Å². The SMILES string of the molecule is COc1cc(C#N)ccc1OCc1ccc(C(=O)Nc2ccccc2)cc1. The monoisotopic (exact) mass is 358 g/mol. The highest BCUT2D eigenvalue weighted by atomic mass is 16.5. The summed E-state index contributed by atoms with van der Waals surface area (Å²) >= 11 is 0. The summed E-state index contributed by atoms with van der Waals surface area (Å²) in [6.45, 7) is 0.322.